The molecule has 0 aliphatic carbocycles. The zero-order valence-corrected chi connectivity index (χ0v) is 17.0. The van der Waals surface area contributed by atoms with Gasteiger partial charge in [0.15, 0.2) is 0 Å². The lowest BCUT2D eigenvalue weighted by atomic mass is 10.1. The van der Waals surface area contributed by atoms with Crippen LogP contribution in [0.1, 0.15) is 6.92 Å². The SMILES string of the molecule is C[C@H](CO)Nc1nc(Nc2ccc([SH](=N)=O)cc2)ncc1-c1ccc2[nH]ncc2c1. The molecule has 0 fully saturated rings. The van der Waals surface area contributed by atoms with E-state index in [2.05, 4.69) is 30.8 Å². The van der Waals surface area contributed by atoms with Gasteiger partial charge in [0, 0.05) is 33.8 Å². The molecule has 2 atom stereocenters. The van der Waals surface area contributed by atoms with Gasteiger partial charge in [0.05, 0.1) is 28.9 Å². The Labute approximate surface area is 174 Å². The molecule has 0 bridgehead atoms. The molecule has 0 aliphatic heterocycles. The molecule has 10 heteroatoms. The molecule has 0 amide bonds. The lowest BCUT2D eigenvalue weighted by Gasteiger charge is -2.16. The fourth-order valence-electron chi connectivity index (χ4n) is 2.96. The van der Waals surface area contributed by atoms with Gasteiger partial charge in [-0.2, -0.15) is 10.1 Å². The summed E-state index contributed by atoms with van der Waals surface area (Å²) in [5.74, 6) is 0.960. The standard InChI is InChI=1S/C20H21N7O2S/c1-12(11-28)24-19-17(13-2-7-18-14(8-13)9-23-27-18)10-22-20(26-19)25-15-3-5-16(6-4-15)30(21)29/h2-10,12,21,28,30H,11H2,1H3,(H,23,27)(H2,22,24,25,26)/t12-/m1/s1. The van der Waals surface area contributed by atoms with Crippen LogP contribution in [-0.4, -0.2) is 42.1 Å². The molecule has 2 heterocycles. The number of H-pyrrole nitrogens is 1. The van der Waals surface area contributed by atoms with Gasteiger partial charge in [-0.05, 0) is 48.9 Å². The van der Waals surface area contributed by atoms with Gasteiger partial charge in [0.25, 0.3) is 0 Å². The Morgan fingerprint density at radius 1 is 1.20 bits per heavy atom. The summed E-state index contributed by atoms with van der Waals surface area (Å²) in [7, 11) is -2.12. The highest BCUT2D eigenvalue weighted by molar-refractivity contribution is 7.73. The van der Waals surface area contributed by atoms with Crippen LogP contribution in [0.3, 0.4) is 0 Å². The van der Waals surface area contributed by atoms with Crippen LogP contribution in [-0.2, 0) is 10.6 Å². The second-order valence-electron chi connectivity index (χ2n) is 6.82. The highest BCUT2D eigenvalue weighted by atomic mass is 32.2. The molecule has 1 unspecified atom stereocenters. The van der Waals surface area contributed by atoms with E-state index >= 15 is 0 Å². The Hall–Kier alpha value is -3.50. The number of aliphatic hydroxyl groups excluding tert-OH is 1. The van der Waals surface area contributed by atoms with Crippen molar-refractivity contribution >= 4 is 39.0 Å². The zero-order valence-electron chi connectivity index (χ0n) is 16.1. The summed E-state index contributed by atoms with van der Waals surface area (Å²) in [6.45, 7) is 1.82. The Morgan fingerprint density at radius 3 is 2.73 bits per heavy atom. The van der Waals surface area contributed by atoms with Crippen molar-refractivity contribution in [2.45, 2.75) is 17.9 Å². The molecule has 30 heavy (non-hydrogen) atoms. The first-order valence-electron chi connectivity index (χ1n) is 9.27. The fraction of sp³-hybridized carbons (Fsp3) is 0.150. The van der Waals surface area contributed by atoms with Crippen molar-refractivity contribution in [3.63, 3.8) is 0 Å². The Balaban J connectivity index is 1.68. The molecule has 0 saturated carbocycles. The zero-order chi connectivity index (χ0) is 21.1. The van der Waals surface area contributed by atoms with Crippen LogP contribution in [0.4, 0.5) is 17.5 Å². The minimum absolute atomic E-state index is 0.0419. The van der Waals surface area contributed by atoms with Crippen LogP contribution < -0.4 is 10.6 Å². The van der Waals surface area contributed by atoms with Gasteiger partial charge < -0.3 is 15.7 Å². The van der Waals surface area contributed by atoms with Crippen molar-refractivity contribution in [3.05, 3.63) is 54.9 Å². The summed E-state index contributed by atoms with van der Waals surface area (Å²) in [5.41, 5.74) is 3.37. The quantitative estimate of drug-likeness (QED) is 0.251. The molecular weight excluding hydrogens is 402 g/mol. The van der Waals surface area contributed by atoms with Crippen LogP contribution in [0.25, 0.3) is 22.0 Å². The van der Waals surface area contributed by atoms with E-state index in [0.29, 0.717) is 22.3 Å². The number of rotatable bonds is 7. The first-order chi connectivity index (χ1) is 14.5. The number of aromatic amines is 1. The van der Waals surface area contributed by atoms with E-state index in [-0.39, 0.29) is 12.6 Å². The number of anilines is 3. The van der Waals surface area contributed by atoms with Crippen molar-refractivity contribution in [2.75, 3.05) is 17.2 Å². The van der Waals surface area contributed by atoms with Gasteiger partial charge >= 0.3 is 0 Å². The topological polar surface area (TPSA) is 140 Å². The van der Waals surface area contributed by atoms with E-state index in [0.717, 1.165) is 22.0 Å². The minimum Gasteiger partial charge on any atom is -0.394 e. The second kappa shape index (κ2) is 8.47. The minimum atomic E-state index is -2.12. The van der Waals surface area contributed by atoms with E-state index in [1.165, 1.54) is 0 Å². The van der Waals surface area contributed by atoms with E-state index in [4.69, 9.17) is 4.78 Å². The number of benzene rings is 2. The summed E-state index contributed by atoms with van der Waals surface area (Å²) in [6.07, 6.45) is 3.48. The van der Waals surface area contributed by atoms with Gasteiger partial charge in [-0.3, -0.25) is 9.88 Å². The number of nitrogens with zero attached hydrogens (tertiary/aromatic N) is 3. The van der Waals surface area contributed by atoms with E-state index in [9.17, 15) is 9.32 Å². The monoisotopic (exact) mass is 423 g/mol. The molecule has 0 saturated heterocycles. The van der Waals surface area contributed by atoms with Crippen molar-refractivity contribution in [1.82, 2.24) is 20.2 Å². The molecule has 154 valence electrons. The number of aliphatic hydroxyl groups is 1. The molecule has 0 radical (unpaired) electrons. The van der Waals surface area contributed by atoms with Gasteiger partial charge in [0.1, 0.15) is 5.82 Å². The third-order valence-electron chi connectivity index (χ3n) is 4.55. The lowest BCUT2D eigenvalue weighted by molar-refractivity contribution is 0.281. The molecule has 0 spiro atoms. The van der Waals surface area contributed by atoms with Crippen LogP contribution in [0.5, 0.6) is 0 Å². The molecule has 4 rings (SSSR count). The number of nitrogens with one attached hydrogen (secondary N) is 4. The van der Waals surface area contributed by atoms with Crippen molar-refractivity contribution in [1.29, 1.82) is 4.78 Å². The number of thiol groups is 1. The van der Waals surface area contributed by atoms with E-state index < -0.39 is 10.6 Å². The molecule has 5 N–H and O–H groups in total. The van der Waals surface area contributed by atoms with Crippen molar-refractivity contribution < 1.29 is 9.32 Å². The maximum Gasteiger partial charge on any atom is 0.229 e. The highest BCUT2D eigenvalue weighted by Crippen LogP contribution is 2.30. The predicted molar refractivity (Wildman–Crippen MR) is 118 cm³/mol. The third kappa shape index (κ3) is 4.24. The second-order valence-corrected chi connectivity index (χ2v) is 7.93. The smallest absolute Gasteiger partial charge is 0.229 e. The van der Waals surface area contributed by atoms with Crippen LogP contribution in [0, 0.1) is 4.78 Å². The van der Waals surface area contributed by atoms with Gasteiger partial charge in [0.2, 0.25) is 5.95 Å². The maximum absolute atomic E-state index is 11.3. The molecule has 2 aromatic heterocycles. The Bertz CT molecular complexity index is 1240. The Kier molecular flexibility index (Phi) is 5.59. The average Bonchev–Trinajstić information content (AvgIpc) is 3.22. The van der Waals surface area contributed by atoms with Crippen LogP contribution >= 0.6 is 0 Å². The van der Waals surface area contributed by atoms with Gasteiger partial charge in [-0.25, -0.2) is 9.19 Å². The molecule has 0 aliphatic rings. The molecule has 9 nitrogen and oxygen atoms in total. The summed E-state index contributed by atoms with van der Waals surface area (Å²) in [6, 6.07) is 12.4. The first-order valence-corrected chi connectivity index (χ1v) is 10.5. The van der Waals surface area contributed by atoms with Crippen LogP contribution in [0.15, 0.2) is 59.8 Å². The number of aromatic nitrogens is 4. The lowest BCUT2D eigenvalue weighted by Crippen LogP contribution is -2.21. The number of fused-ring (bicyclic) bond motifs is 1. The average molecular weight is 424 g/mol. The summed E-state index contributed by atoms with van der Waals surface area (Å²) in [4.78, 5) is 9.48. The molecule has 4 aromatic rings. The molecular formula is C20H21N7O2S. The summed E-state index contributed by atoms with van der Waals surface area (Å²) >= 11 is 0. The van der Waals surface area contributed by atoms with Gasteiger partial charge in [-0.15, -0.1) is 0 Å². The number of hydrogen-bond acceptors (Lipinski definition) is 8. The largest absolute Gasteiger partial charge is 0.394 e. The predicted octanol–water partition coefficient (Wildman–Crippen LogP) is 3.16. The van der Waals surface area contributed by atoms with Gasteiger partial charge in [-0.1, -0.05) is 6.07 Å². The summed E-state index contributed by atoms with van der Waals surface area (Å²) in [5, 5.41) is 23.8. The van der Waals surface area contributed by atoms with E-state index in [1.807, 2.05) is 25.1 Å². The normalized spacial score (nSPS) is 13.1. The van der Waals surface area contributed by atoms with Crippen LogP contribution in [0.2, 0.25) is 0 Å². The Morgan fingerprint density at radius 2 is 2.00 bits per heavy atom. The first kappa shape index (κ1) is 19.8. The molecule has 2 aromatic carbocycles. The van der Waals surface area contributed by atoms with Crippen molar-refractivity contribution in [3.8, 4) is 11.1 Å². The number of hydrogen-bond donors (Lipinski definition) is 6. The third-order valence-corrected chi connectivity index (χ3v) is 5.32. The maximum atomic E-state index is 11.3. The fourth-order valence-corrected chi connectivity index (χ4v) is 3.38. The van der Waals surface area contributed by atoms with Crippen molar-refractivity contribution in [2.24, 2.45) is 0 Å². The summed E-state index contributed by atoms with van der Waals surface area (Å²) < 4.78 is 18.6. The van der Waals surface area contributed by atoms with E-state index in [1.54, 1.807) is 36.7 Å². The highest BCUT2D eigenvalue weighted by Gasteiger charge is 2.13.